The van der Waals surface area contributed by atoms with Crippen LogP contribution in [0.4, 0.5) is 0 Å². The summed E-state index contributed by atoms with van der Waals surface area (Å²) in [7, 11) is 0. The van der Waals surface area contributed by atoms with E-state index in [1.807, 2.05) is 20.8 Å². The van der Waals surface area contributed by atoms with Crippen LogP contribution in [0.1, 0.15) is 52.9 Å². The van der Waals surface area contributed by atoms with E-state index in [1.54, 1.807) is 0 Å². The van der Waals surface area contributed by atoms with Crippen LogP contribution < -0.4 is 5.32 Å². The molecule has 19 heavy (non-hydrogen) atoms. The Bertz CT molecular complexity index is 273. The van der Waals surface area contributed by atoms with E-state index in [2.05, 4.69) is 5.32 Å². The zero-order chi connectivity index (χ0) is 14.3. The Balaban J connectivity index is 2.35. The van der Waals surface area contributed by atoms with Gasteiger partial charge in [-0.2, -0.15) is 0 Å². The predicted molar refractivity (Wildman–Crippen MR) is 75.9 cm³/mol. The van der Waals surface area contributed by atoms with Crippen molar-refractivity contribution < 1.29 is 14.6 Å². The number of carbonyl (C=O) groups excluding carboxylic acids is 1. The first-order valence-corrected chi connectivity index (χ1v) is 7.50. The fourth-order valence-electron chi connectivity index (χ4n) is 2.65. The molecular weight excluding hydrogens is 242 g/mol. The van der Waals surface area contributed by atoms with Gasteiger partial charge in [0.1, 0.15) is 0 Å². The summed E-state index contributed by atoms with van der Waals surface area (Å²) >= 11 is 0. The summed E-state index contributed by atoms with van der Waals surface area (Å²) in [5, 5.41) is 12.5. The van der Waals surface area contributed by atoms with Gasteiger partial charge in [-0.25, -0.2) is 0 Å². The number of aliphatic hydroxyl groups excluding tert-OH is 1. The number of amides is 1. The molecule has 1 atom stereocenters. The third kappa shape index (κ3) is 5.91. The van der Waals surface area contributed by atoms with Gasteiger partial charge in [0.25, 0.3) is 0 Å². The maximum atomic E-state index is 12.2. The smallest absolute Gasteiger partial charge is 0.225 e. The average molecular weight is 271 g/mol. The molecule has 0 aromatic rings. The topological polar surface area (TPSA) is 58.6 Å². The molecule has 0 bridgehead atoms. The summed E-state index contributed by atoms with van der Waals surface area (Å²) in [6.07, 6.45) is 4.24. The molecule has 1 amide bonds. The van der Waals surface area contributed by atoms with Crippen molar-refractivity contribution >= 4 is 5.91 Å². The molecule has 1 saturated heterocycles. The van der Waals surface area contributed by atoms with Crippen LogP contribution >= 0.6 is 0 Å². The average Bonchev–Trinajstić information content (AvgIpc) is 2.37. The highest BCUT2D eigenvalue weighted by molar-refractivity contribution is 5.81. The Kier molecular flexibility index (Phi) is 6.80. The Labute approximate surface area is 116 Å². The number of nitrogens with one attached hydrogen (secondary N) is 1. The number of aliphatic hydroxyl groups is 1. The van der Waals surface area contributed by atoms with Crippen LogP contribution in [0.25, 0.3) is 0 Å². The van der Waals surface area contributed by atoms with Gasteiger partial charge < -0.3 is 15.2 Å². The lowest BCUT2D eigenvalue weighted by Crippen LogP contribution is -2.42. The molecule has 0 aliphatic carbocycles. The molecule has 1 fully saturated rings. The van der Waals surface area contributed by atoms with Gasteiger partial charge in [0.05, 0.1) is 6.10 Å². The van der Waals surface area contributed by atoms with Crippen LogP contribution in [0, 0.1) is 11.3 Å². The zero-order valence-corrected chi connectivity index (χ0v) is 12.6. The van der Waals surface area contributed by atoms with Crippen LogP contribution in [-0.4, -0.2) is 36.9 Å². The molecule has 1 unspecified atom stereocenters. The Hall–Kier alpha value is -0.610. The van der Waals surface area contributed by atoms with Gasteiger partial charge in [0, 0.05) is 25.2 Å². The fourth-order valence-corrected chi connectivity index (χ4v) is 2.65. The normalized spacial score (nSPS) is 19.2. The molecule has 1 rings (SSSR count). The molecule has 0 spiro atoms. The van der Waals surface area contributed by atoms with E-state index in [-0.39, 0.29) is 11.3 Å². The standard InChI is InChI=1S/C15H29NO3/c1-4-5-13(17)11-16-14(18)15(2,3)10-12-6-8-19-9-7-12/h12-13,17H,4-11H2,1-3H3,(H,16,18). The van der Waals surface area contributed by atoms with E-state index in [0.717, 1.165) is 45.3 Å². The van der Waals surface area contributed by atoms with Gasteiger partial charge in [0.15, 0.2) is 0 Å². The second-order valence-corrected chi connectivity index (χ2v) is 6.30. The monoisotopic (exact) mass is 271 g/mol. The van der Waals surface area contributed by atoms with Gasteiger partial charge in [-0.1, -0.05) is 27.2 Å². The number of ether oxygens (including phenoxy) is 1. The minimum absolute atomic E-state index is 0.0501. The zero-order valence-electron chi connectivity index (χ0n) is 12.6. The molecule has 2 N–H and O–H groups in total. The largest absolute Gasteiger partial charge is 0.391 e. The number of hydrogen-bond acceptors (Lipinski definition) is 3. The van der Waals surface area contributed by atoms with Crippen molar-refractivity contribution in [2.24, 2.45) is 11.3 Å². The minimum Gasteiger partial charge on any atom is -0.391 e. The fraction of sp³-hybridized carbons (Fsp3) is 0.933. The summed E-state index contributed by atoms with van der Waals surface area (Å²) in [5.74, 6) is 0.629. The third-order valence-corrected chi connectivity index (χ3v) is 3.87. The summed E-state index contributed by atoms with van der Waals surface area (Å²) < 4.78 is 5.35. The van der Waals surface area contributed by atoms with Gasteiger partial charge >= 0.3 is 0 Å². The second kappa shape index (κ2) is 7.85. The summed E-state index contributed by atoms with van der Waals surface area (Å²) in [6.45, 7) is 8.01. The predicted octanol–water partition coefficient (Wildman–Crippen LogP) is 2.11. The molecule has 4 heteroatoms. The van der Waals surface area contributed by atoms with E-state index in [0.29, 0.717) is 12.5 Å². The molecule has 112 valence electrons. The molecule has 0 saturated carbocycles. The van der Waals surface area contributed by atoms with Crippen LogP contribution in [-0.2, 0) is 9.53 Å². The lowest BCUT2D eigenvalue weighted by atomic mass is 9.79. The van der Waals surface area contributed by atoms with Crippen LogP contribution in [0.15, 0.2) is 0 Å². The van der Waals surface area contributed by atoms with Crippen molar-refractivity contribution in [3.8, 4) is 0 Å². The van der Waals surface area contributed by atoms with E-state index < -0.39 is 6.10 Å². The molecule has 1 heterocycles. The minimum atomic E-state index is -0.423. The van der Waals surface area contributed by atoms with E-state index >= 15 is 0 Å². The van der Waals surface area contributed by atoms with Crippen molar-refractivity contribution in [3.05, 3.63) is 0 Å². The Morgan fingerprint density at radius 2 is 2.05 bits per heavy atom. The highest BCUT2D eigenvalue weighted by atomic mass is 16.5. The maximum Gasteiger partial charge on any atom is 0.225 e. The quantitative estimate of drug-likeness (QED) is 0.745. The molecule has 1 aliphatic heterocycles. The van der Waals surface area contributed by atoms with Gasteiger partial charge in [-0.05, 0) is 31.6 Å². The molecule has 1 aliphatic rings. The van der Waals surface area contributed by atoms with Crippen molar-refractivity contribution in [2.45, 2.75) is 59.0 Å². The molecule has 0 radical (unpaired) electrons. The number of rotatable bonds is 7. The summed E-state index contributed by atoms with van der Waals surface area (Å²) in [6, 6.07) is 0. The molecule has 0 aromatic carbocycles. The van der Waals surface area contributed by atoms with E-state index in [9.17, 15) is 9.90 Å². The van der Waals surface area contributed by atoms with E-state index in [4.69, 9.17) is 4.74 Å². The second-order valence-electron chi connectivity index (χ2n) is 6.30. The van der Waals surface area contributed by atoms with Gasteiger partial charge in [0.2, 0.25) is 5.91 Å². The first kappa shape index (κ1) is 16.4. The maximum absolute atomic E-state index is 12.2. The lowest BCUT2D eigenvalue weighted by molar-refractivity contribution is -0.131. The lowest BCUT2D eigenvalue weighted by Gasteiger charge is -2.31. The van der Waals surface area contributed by atoms with Crippen molar-refractivity contribution in [3.63, 3.8) is 0 Å². The summed E-state index contributed by atoms with van der Waals surface area (Å²) in [5.41, 5.74) is -0.367. The number of carbonyl (C=O) groups is 1. The van der Waals surface area contributed by atoms with Crippen molar-refractivity contribution in [1.29, 1.82) is 0 Å². The van der Waals surface area contributed by atoms with E-state index in [1.165, 1.54) is 0 Å². The van der Waals surface area contributed by atoms with Crippen LogP contribution in [0.3, 0.4) is 0 Å². The van der Waals surface area contributed by atoms with Gasteiger partial charge in [-0.15, -0.1) is 0 Å². The molecular formula is C15H29NO3. The highest BCUT2D eigenvalue weighted by Gasteiger charge is 2.31. The third-order valence-electron chi connectivity index (χ3n) is 3.87. The van der Waals surface area contributed by atoms with Crippen LogP contribution in [0.5, 0.6) is 0 Å². The SMILES string of the molecule is CCCC(O)CNC(=O)C(C)(C)CC1CCOCC1. The highest BCUT2D eigenvalue weighted by Crippen LogP contribution is 2.31. The molecule has 0 aromatic heterocycles. The number of hydrogen-bond donors (Lipinski definition) is 2. The first-order valence-electron chi connectivity index (χ1n) is 7.50. The Morgan fingerprint density at radius 3 is 2.63 bits per heavy atom. The van der Waals surface area contributed by atoms with Gasteiger partial charge in [-0.3, -0.25) is 4.79 Å². The molecule has 4 nitrogen and oxygen atoms in total. The first-order chi connectivity index (χ1) is 8.95. The summed E-state index contributed by atoms with van der Waals surface area (Å²) in [4.78, 5) is 12.2. The van der Waals surface area contributed by atoms with Crippen molar-refractivity contribution in [1.82, 2.24) is 5.32 Å². The Morgan fingerprint density at radius 1 is 1.42 bits per heavy atom. The van der Waals surface area contributed by atoms with Crippen molar-refractivity contribution in [2.75, 3.05) is 19.8 Å². The van der Waals surface area contributed by atoms with Crippen LogP contribution in [0.2, 0.25) is 0 Å².